The minimum Gasteiger partial charge on any atom is -0.432 e. The number of hydrogen-bond acceptors (Lipinski definition) is 4. The fourth-order valence-electron chi connectivity index (χ4n) is 0.630. The van der Waals surface area contributed by atoms with E-state index in [1.54, 1.807) is 20.8 Å². The lowest BCUT2D eigenvalue weighted by atomic mass is 9.94. The Hall–Kier alpha value is -0.610. The molecule has 4 nitrogen and oxygen atoms in total. The van der Waals surface area contributed by atoms with Gasteiger partial charge in [-0.3, -0.25) is 4.79 Å². The van der Waals surface area contributed by atoms with Crippen LogP contribution in [0.15, 0.2) is 0 Å². The van der Waals surface area contributed by atoms with Crippen molar-refractivity contribution < 1.29 is 19.7 Å². The number of carbonyl (C=O) groups excluding carboxylic acids is 1. The molecule has 0 aliphatic carbocycles. The van der Waals surface area contributed by atoms with Crippen molar-refractivity contribution in [3.05, 3.63) is 0 Å². The molecule has 0 saturated heterocycles. The Morgan fingerprint density at radius 1 is 1.14 bits per heavy atom. The SMILES string of the molecule is CC(C)(C)C(=O)OC(OO)C(C)(C)C. The van der Waals surface area contributed by atoms with E-state index in [1.807, 2.05) is 20.8 Å². The van der Waals surface area contributed by atoms with Gasteiger partial charge in [0.2, 0.25) is 6.29 Å². The van der Waals surface area contributed by atoms with Crippen molar-refractivity contribution in [1.82, 2.24) is 0 Å². The van der Waals surface area contributed by atoms with Crippen LogP contribution in [0.4, 0.5) is 0 Å². The maximum absolute atomic E-state index is 11.5. The third kappa shape index (κ3) is 4.07. The lowest BCUT2D eigenvalue weighted by molar-refractivity contribution is -0.362. The van der Waals surface area contributed by atoms with Crippen LogP contribution in [-0.4, -0.2) is 17.5 Å². The molecule has 0 rings (SSSR count). The second-order valence-electron chi connectivity index (χ2n) is 5.46. The zero-order valence-electron chi connectivity index (χ0n) is 9.75. The van der Waals surface area contributed by atoms with Crippen LogP contribution in [0, 0.1) is 10.8 Å². The molecule has 0 aliphatic heterocycles. The van der Waals surface area contributed by atoms with Crippen molar-refractivity contribution >= 4 is 5.97 Å². The van der Waals surface area contributed by atoms with Gasteiger partial charge in [-0.1, -0.05) is 20.8 Å². The second-order valence-corrected chi connectivity index (χ2v) is 5.46. The highest BCUT2D eigenvalue weighted by Crippen LogP contribution is 2.26. The summed E-state index contributed by atoms with van der Waals surface area (Å²) in [5.41, 5.74) is -1.04. The van der Waals surface area contributed by atoms with Crippen molar-refractivity contribution in [1.29, 1.82) is 0 Å². The topological polar surface area (TPSA) is 55.8 Å². The number of carbonyl (C=O) groups is 1. The predicted molar refractivity (Wildman–Crippen MR) is 52.5 cm³/mol. The van der Waals surface area contributed by atoms with Gasteiger partial charge in [0.25, 0.3) is 0 Å². The van der Waals surface area contributed by atoms with E-state index in [2.05, 4.69) is 4.89 Å². The summed E-state index contributed by atoms with van der Waals surface area (Å²) in [4.78, 5) is 15.6. The average Bonchev–Trinajstić information content (AvgIpc) is 1.95. The highest BCUT2D eigenvalue weighted by molar-refractivity contribution is 5.75. The molecule has 0 heterocycles. The van der Waals surface area contributed by atoms with Crippen molar-refractivity contribution in [3.63, 3.8) is 0 Å². The molecule has 84 valence electrons. The molecular weight excluding hydrogens is 184 g/mol. The molecule has 4 heteroatoms. The molecule has 0 aliphatic rings. The lowest BCUT2D eigenvalue weighted by Gasteiger charge is -2.29. The zero-order chi connectivity index (χ0) is 11.6. The first-order chi connectivity index (χ1) is 6.09. The molecule has 0 spiro atoms. The number of hydrogen-bond donors (Lipinski definition) is 1. The summed E-state index contributed by atoms with van der Waals surface area (Å²) in [5.74, 6) is -0.397. The minimum absolute atomic E-state index is 0.397. The van der Waals surface area contributed by atoms with E-state index in [0.29, 0.717) is 0 Å². The van der Waals surface area contributed by atoms with Crippen molar-refractivity contribution in [2.45, 2.75) is 47.8 Å². The minimum atomic E-state index is -0.936. The maximum Gasteiger partial charge on any atom is 0.313 e. The van der Waals surface area contributed by atoms with E-state index in [4.69, 9.17) is 9.99 Å². The van der Waals surface area contributed by atoms with E-state index in [1.165, 1.54) is 0 Å². The smallest absolute Gasteiger partial charge is 0.313 e. The van der Waals surface area contributed by atoms with Gasteiger partial charge in [-0.15, -0.1) is 0 Å². The molecule has 0 amide bonds. The lowest BCUT2D eigenvalue weighted by Crippen LogP contribution is -2.37. The van der Waals surface area contributed by atoms with Crippen LogP contribution in [0.1, 0.15) is 41.5 Å². The van der Waals surface area contributed by atoms with Crippen LogP contribution in [-0.2, 0) is 14.4 Å². The third-order valence-corrected chi connectivity index (χ3v) is 1.63. The Balaban J connectivity index is 4.43. The van der Waals surface area contributed by atoms with Crippen molar-refractivity contribution in [2.24, 2.45) is 10.8 Å². The fraction of sp³-hybridized carbons (Fsp3) is 0.900. The largest absolute Gasteiger partial charge is 0.432 e. The van der Waals surface area contributed by atoms with E-state index in [9.17, 15) is 4.79 Å². The molecule has 0 fully saturated rings. The highest BCUT2D eigenvalue weighted by Gasteiger charge is 2.33. The summed E-state index contributed by atoms with van der Waals surface area (Å²) in [6, 6.07) is 0. The first kappa shape index (κ1) is 13.4. The Bertz CT molecular complexity index is 197. The summed E-state index contributed by atoms with van der Waals surface area (Å²) in [6.07, 6.45) is -0.936. The molecule has 1 N–H and O–H groups in total. The van der Waals surface area contributed by atoms with Gasteiger partial charge < -0.3 is 4.74 Å². The van der Waals surface area contributed by atoms with Crippen LogP contribution in [0.5, 0.6) is 0 Å². The summed E-state index contributed by atoms with van der Waals surface area (Å²) in [7, 11) is 0. The molecule has 14 heavy (non-hydrogen) atoms. The summed E-state index contributed by atoms with van der Waals surface area (Å²) < 4.78 is 5.02. The van der Waals surface area contributed by atoms with E-state index in [-0.39, 0.29) is 0 Å². The Morgan fingerprint density at radius 2 is 1.57 bits per heavy atom. The summed E-state index contributed by atoms with van der Waals surface area (Å²) in [6.45, 7) is 10.7. The van der Waals surface area contributed by atoms with Crippen LogP contribution in [0.3, 0.4) is 0 Å². The number of esters is 1. The summed E-state index contributed by atoms with van der Waals surface area (Å²) in [5, 5.41) is 8.60. The van der Waals surface area contributed by atoms with Gasteiger partial charge in [-0.05, 0) is 20.8 Å². The van der Waals surface area contributed by atoms with Crippen LogP contribution in [0.2, 0.25) is 0 Å². The molecule has 0 radical (unpaired) electrons. The maximum atomic E-state index is 11.5. The first-order valence-electron chi connectivity index (χ1n) is 4.60. The van der Waals surface area contributed by atoms with Crippen LogP contribution < -0.4 is 0 Å². The van der Waals surface area contributed by atoms with Gasteiger partial charge in [0.15, 0.2) is 0 Å². The zero-order valence-corrected chi connectivity index (χ0v) is 9.75. The summed E-state index contributed by atoms with van der Waals surface area (Å²) >= 11 is 0. The van der Waals surface area contributed by atoms with Crippen LogP contribution in [0.25, 0.3) is 0 Å². The number of ether oxygens (including phenoxy) is 1. The molecular formula is C10H20O4. The van der Waals surface area contributed by atoms with Gasteiger partial charge in [-0.2, -0.15) is 4.89 Å². The number of rotatable bonds is 2. The Morgan fingerprint density at radius 3 is 1.79 bits per heavy atom. The second kappa shape index (κ2) is 4.28. The van der Waals surface area contributed by atoms with Crippen molar-refractivity contribution in [3.8, 4) is 0 Å². The van der Waals surface area contributed by atoms with E-state index >= 15 is 0 Å². The molecule has 0 aromatic heterocycles. The molecule has 0 saturated carbocycles. The Kier molecular flexibility index (Phi) is 4.09. The van der Waals surface area contributed by atoms with E-state index < -0.39 is 23.1 Å². The molecule has 0 bridgehead atoms. The molecule has 0 aromatic rings. The normalized spacial score (nSPS) is 15.1. The van der Waals surface area contributed by atoms with E-state index in [0.717, 1.165) is 0 Å². The molecule has 1 atom stereocenters. The van der Waals surface area contributed by atoms with Crippen molar-refractivity contribution in [2.75, 3.05) is 0 Å². The standard InChI is InChI=1S/C10H20O4/c1-9(2,3)7(11)13-8(14-12)10(4,5)6/h8,12H,1-6H3. The molecule has 0 aromatic carbocycles. The van der Waals surface area contributed by atoms with Gasteiger partial charge in [0.05, 0.1) is 5.41 Å². The van der Waals surface area contributed by atoms with Gasteiger partial charge in [-0.25, -0.2) is 5.26 Å². The average molecular weight is 204 g/mol. The Labute approximate surface area is 85.1 Å². The van der Waals surface area contributed by atoms with Gasteiger partial charge in [0.1, 0.15) is 0 Å². The third-order valence-electron chi connectivity index (χ3n) is 1.63. The predicted octanol–water partition coefficient (Wildman–Crippen LogP) is 2.44. The first-order valence-corrected chi connectivity index (χ1v) is 4.60. The van der Waals surface area contributed by atoms with Gasteiger partial charge >= 0.3 is 5.97 Å². The van der Waals surface area contributed by atoms with Gasteiger partial charge in [0, 0.05) is 5.41 Å². The quantitative estimate of drug-likeness (QED) is 0.325. The highest BCUT2D eigenvalue weighted by atomic mass is 17.1. The monoisotopic (exact) mass is 204 g/mol. The molecule has 1 unspecified atom stereocenters. The fourth-order valence-corrected chi connectivity index (χ4v) is 0.630. The van der Waals surface area contributed by atoms with Crippen LogP contribution >= 0.6 is 0 Å².